The Morgan fingerprint density at radius 3 is 2.33 bits per heavy atom. The van der Waals surface area contributed by atoms with E-state index in [2.05, 4.69) is 6.92 Å². The highest BCUT2D eigenvalue weighted by Gasteiger charge is 2.24. The summed E-state index contributed by atoms with van der Waals surface area (Å²) >= 11 is 5.86. The Morgan fingerprint density at radius 2 is 1.71 bits per heavy atom. The van der Waals surface area contributed by atoms with Crippen LogP contribution in [0, 0.1) is 0 Å². The number of aryl methyl sites for hydroxylation is 1. The van der Waals surface area contributed by atoms with Crippen molar-refractivity contribution in [3.8, 4) is 0 Å². The Balaban J connectivity index is 1.70. The molecule has 1 aliphatic heterocycles. The van der Waals surface area contributed by atoms with Gasteiger partial charge in [0.05, 0.1) is 6.61 Å². The predicted octanol–water partition coefficient (Wildman–Crippen LogP) is 3.35. The topological polar surface area (TPSA) is 49.9 Å². The van der Waals surface area contributed by atoms with Crippen LogP contribution in [0.2, 0.25) is 5.02 Å². The smallest absolute Gasteiger partial charge is 0.409 e. The lowest BCUT2D eigenvalue weighted by atomic mass is 10.1. The van der Waals surface area contributed by atoms with E-state index in [-0.39, 0.29) is 12.0 Å². The number of rotatable bonds is 6. The number of benzene rings is 1. The molecule has 24 heavy (non-hydrogen) atoms. The largest absolute Gasteiger partial charge is 0.449 e. The molecular weight excluding hydrogens is 328 g/mol. The number of halogens is 1. The van der Waals surface area contributed by atoms with Gasteiger partial charge in [-0.3, -0.25) is 4.79 Å². The van der Waals surface area contributed by atoms with E-state index in [1.54, 1.807) is 4.90 Å². The molecule has 0 aliphatic carbocycles. The van der Waals surface area contributed by atoms with Crippen LogP contribution < -0.4 is 0 Å². The standard InChI is InChI=1S/C18H25ClN2O3/c1-2-3-14-24-18(23)21-12-10-20(11-13-21)17(22)9-6-15-4-7-16(19)8-5-15/h4-5,7-8H,2-3,6,9-14H2,1H3. The first kappa shape index (κ1) is 18.6. The first-order valence-electron chi connectivity index (χ1n) is 8.54. The molecule has 1 heterocycles. The molecule has 1 aromatic rings. The van der Waals surface area contributed by atoms with Gasteiger partial charge in [-0.2, -0.15) is 0 Å². The van der Waals surface area contributed by atoms with Crippen LogP contribution in [0.25, 0.3) is 0 Å². The summed E-state index contributed by atoms with van der Waals surface area (Å²) in [4.78, 5) is 27.7. The van der Waals surface area contributed by atoms with Crippen LogP contribution in [0.5, 0.6) is 0 Å². The lowest BCUT2D eigenvalue weighted by molar-refractivity contribution is -0.132. The third-order valence-corrected chi connectivity index (χ3v) is 4.41. The minimum Gasteiger partial charge on any atom is -0.449 e. The summed E-state index contributed by atoms with van der Waals surface area (Å²) in [6.07, 6.45) is 2.80. The van der Waals surface area contributed by atoms with E-state index in [1.165, 1.54) is 0 Å². The summed E-state index contributed by atoms with van der Waals surface area (Å²) in [6, 6.07) is 7.56. The zero-order valence-electron chi connectivity index (χ0n) is 14.2. The fourth-order valence-electron chi connectivity index (χ4n) is 2.59. The summed E-state index contributed by atoms with van der Waals surface area (Å²) in [7, 11) is 0. The zero-order chi connectivity index (χ0) is 17.4. The van der Waals surface area contributed by atoms with Crippen molar-refractivity contribution in [3.05, 3.63) is 34.9 Å². The Morgan fingerprint density at radius 1 is 1.08 bits per heavy atom. The molecule has 1 saturated heterocycles. The second-order valence-electron chi connectivity index (χ2n) is 5.96. The third-order valence-electron chi connectivity index (χ3n) is 4.15. The number of ether oxygens (including phenoxy) is 1. The normalized spacial score (nSPS) is 14.6. The molecule has 0 radical (unpaired) electrons. The van der Waals surface area contributed by atoms with Crippen molar-refractivity contribution in [1.82, 2.24) is 9.80 Å². The van der Waals surface area contributed by atoms with E-state index < -0.39 is 0 Å². The Kier molecular flexibility index (Phi) is 7.37. The second-order valence-corrected chi connectivity index (χ2v) is 6.40. The van der Waals surface area contributed by atoms with Crippen molar-refractivity contribution in [1.29, 1.82) is 0 Å². The van der Waals surface area contributed by atoms with Gasteiger partial charge < -0.3 is 14.5 Å². The van der Waals surface area contributed by atoms with Crippen LogP contribution >= 0.6 is 11.6 Å². The number of carbonyl (C=O) groups is 2. The minimum absolute atomic E-state index is 0.129. The summed E-state index contributed by atoms with van der Waals surface area (Å²) in [5, 5.41) is 0.701. The zero-order valence-corrected chi connectivity index (χ0v) is 14.9. The van der Waals surface area contributed by atoms with Crippen molar-refractivity contribution >= 4 is 23.6 Å². The van der Waals surface area contributed by atoms with Crippen molar-refractivity contribution in [2.45, 2.75) is 32.6 Å². The lowest BCUT2D eigenvalue weighted by Gasteiger charge is -2.34. The van der Waals surface area contributed by atoms with Gasteiger partial charge in [0.25, 0.3) is 0 Å². The average Bonchev–Trinajstić information content (AvgIpc) is 2.61. The molecule has 2 rings (SSSR count). The van der Waals surface area contributed by atoms with Crippen molar-refractivity contribution < 1.29 is 14.3 Å². The van der Waals surface area contributed by atoms with Gasteiger partial charge in [0.1, 0.15) is 0 Å². The maximum atomic E-state index is 12.3. The highest BCUT2D eigenvalue weighted by molar-refractivity contribution is 6.30. The molecule has 0 aromatic heterocycles. The summed E-state index contributed by atoms with van der Waals surface area (Å²) < 4.78 is 5.21. The first-order valence-corrected chi connectivity index (χ1v) is 8.92. The van der Waals surface area contributed by atoms with Gasteiger partial charge >= 0.3 is 6.09 Å². The number of nitrogens with zero attached hydrogens (tertiary/aromatic N) is 2. The molecule has 0 atom stereocenters. The number of carbonyl (C=O) groups excluding carboxylic acids is 2. The van der Waals surface area contributed by atoms with Crippen LogP contribution in [0.1, 0.15) is 31.7 Å². The molecule has 0 bridgehead atoms. The fourth-order valence-corrected chi connectivity index (χ4v) is 2.72. The van der Waals surface area contributed by atoms with E-state index in [9.17, 15) is 9.59 Å². The molecule has 0 spiro atoms. The van der Waals surface area contributed by atoms with Crippen molar-refractivity contribution in [2.24, 2.45) is 0 Å². The highest BCUT2D eigenvalue weighted by atomic mass is 35.5. The van der Waals surface area contributed by atoms with Gasteiger partial charge in [-0.25, -0.2) is 4.79 Å². The highest BCUT2D eigenvalue weighted by Crippen LogP contribution is 2.12. The van der Waals surface area contributed by atoms with Gasteiger partial charge in [-0.05, 0) is 30.5 Å². The summed E-state index contributed by atoms with van der Waals surface area (Å²) in [5.41, 5.74) is 1.10. The lowest BCUT2D eigenvalue weighted by Crippen LogP contribution is -2.50. The number of hydrogen-bond acceptors (Lipinski definition) is 3. The Labute approximate surface area is 148 Å². The van der Waals surface area contributed by atoms with Gasteiger partial charge in [-0.1, -0.05) is 37.1 Å². The maximum absolute atomic E-state index is 12.3. The molecule has 132 valence electrons. The van der Waals surface area contributed by atoms with E-state index in [0.29, 0.717) is 50.7 Å². The molecular formula is C18H25ClN2O3. The maximum Gasteiger partial charge on any atom is 0.409 e. The molecule has 5 nitrogen and oxygen atoms in total. The molecule has 0 N–H and O–H groups in total. The monoisotopic (exact) mass is 352 g/mol. The van der Waals surface area contributed by atoms with Gasteiger partial charge in [0, 0.05) is 37.6 Å². The van der Waals surface area contributed by atoms with Crippen LogP contribution in [0.3, 0.4) is 0 Å². The summed E-state index contributed by atoms with van der Waals surface area (Å²) in [6.45, 7) is 4.75. The predicted molar refractivity (Wildman–Crippen MR) is 94.2 cm³/mol. The number of hydrogen-bond donors (Lipinski definition) is 0. The number of piperazine rings is 1. The Hall–Kier alpha value is -1.75. The van der Waals surface area contributed by atoms with Crippen LogP contribution in [0.4, 0.5) is 4.79 Å². The SMILES string of the molecule is CCCCOC(=O)N1CCN(C(=O)CCc2ccc(Cl)cc2)CC1. The quantitative estimate of drug-likeness (QED) is 0.738. The van der Waals surface area contributed by atoms with Gasteiger partial charge in [0.15, 0.2) is 0 Å². The van der Waals surface area contributed by atoms with E-state index in [1.807, 2.05) is 29.2 Å². The second kappa shape index (κ2) is 9.52. The number of unbranched alkanes of at least 4 members (excludes halogenated alkanes) is 1. The Bertz CT molecular complexity index is 540. The molecule has 6 heteroatoms. The minimum atomic E-state index is -0.267. The van der Waals surface area contributed by atoms with E-state index in [0.717, 1.165) is 18.4 Å². The fraction of sp³-hybridized carbons (Fsp3) is 0.556. The van der Waals surface area contributed by atoms with E-state index >= 15 is 0 Å². The van der Waals surface area contributed by atoms with Crippen LogP contribution in [-0.2, 0) is 16.0 Å². The molecule has 1 fully saturated rings. The van der Waals surface area contributed by atoms with Crippen LogP contribution in [0.15, 0.2) is 24.3 Å². The molecule has 2 amide bonds. The van der Waals surface area contributed by atoms with Crippen molar-refractivity contribution in [2.75, 3.05) is 32.8 Å². The molecule has 1 aliphatic rings. The molecule has 1 aromatic carbocycles. The third kappa shape index (κ3) is 5.71. The average molecular weight is 353 g/mol. The summed E-state index contributed by atoms with van der Waals surface area (Å²) in [5.74, 6) is 0.129. The van der Waals surface area contributed by atoms with Crippen LogP contribution in [-0.4, -0.2) is 54.6 Å². The van der Waals surface area contributed by atoms with E-state index in [4.69, 9.17) is 16.3 Å². The van der Waals surface area contributed by atoms with Gasteiger partial charge in [0.2, 0.25) is 5.91 Å². The van der Waals surface area contributed by atoms with Gasteiger partial charge in [-0.15, -0.1) is 0 Å². The first-order chi connectivity index (χ1) is 11.6. The molecule has 0 saturated carbocycles. The number of amides is 2. The van der Waals surface area contributed by atoms with Crippen molar-refractivity contribution in [3.63, 3.8) is 0 Å². The molecule has 0 unspecified atom stereocenters.